The summed E-state index contributed by atoms with van der Waals surface area (Å²) in [6.45, 7) is 2.20. The van der Waals surface area contributed by atoms with Gasteiger partial charge in [-0.3, -0.25) is 0 Å². The van der Waals surface area contributed by atoms with Crippen molar-refractivity contribution in [2.45, 2.75) is 19.8 Å². The minimum Gasteiger partial charge on any atom is -0.371 e. The van der Waals surface area contributed by atoms with E-state index in [9.17, 15) is 0 Å². The van der Waals surface area contributed by atoms with Gasteiger partial charge in [0.15, 0.2) is 0 Å². The summed E-state index contributed by atoms with van der Waals surface area (Å²) in [6, 6.07) is 10.5. The van der Waals surface area contributed by atoms with Gasteiger partial charge in [-0.15, -0.1) is 11.3 Å². The molecule has 0 fully saturated rings. The molecule has 0 aliphatic rings. The molecule has 0 atom stereocenters. The summed E-state index contributed by atoms with van der Waals surface area (Å²) in [7, 11) is 1.95. The molecule has 0 saturated heterocycles. The van der Waals surface area contributed by atoms with Crippen LogP contribution in [-0.2, 0) is 24.5 Å². The van der Waals surface area contributed by atoms with Gasteiger partial charge >= 0.3 is 0 Å². The van der Waals surface area contributed by atoms with Crippen LogP contribution in [0.5, 0.6) is 0 Å². The van der Waals surface area contributed by atoms with Gasteiger partial charge in [0, 0.05) is 15.9 Å². The summed E-state index contributed by atoms with van der Waals surface area (Å²) in [5.74, 6) is 0. The molecule has 0 radical (unpaired) electrons. The molecular weight excluding hydrogens is 310 g/mol. The van der Waals surface area contributed by atoms with Crippen molar-refractivity contribution in [3.05, 3.63) is 56.2 Å². The molecule has 0 bridgehead atoms. The second kappa shape index (κ2) is 7.04. The van der Waals surface area contributed by atoms with Gasteiger partial charge in [0.05, 0.1) is 13.2 Å². The maximum Gasteiger partial charge on any atom is 0.0813 e. The van der Waals surface area contributed by atoms with Gasteiger partial charge in [-0.2, -0.15) is 0 Å². The zero-order valence-corrected chi connectivity index (χ0v) is 12.7. The van der Waals surface area contributed by atoms with Crippen LogP contribution in [0.25, 0.3) is 0 Å². The normalized spacial score (nSPS) is 10.8. The molecule has 0 amide bonds. The van der Waals surface area contributed by atoms with Crippen LogP contribution >= 0.6 is 27.3 Å². The third-order valence-electron chi connectivity index (χ3n) is 2.58. The van der Waals surface area contributed by atoms with Crippen LogP contribution in [0.2, 0.25) is 0 Å². The molecule has 2 rings (SSSR count). The average Bonchev–Trinajstić information content (AvgIpc) is 2.85. The standard InChI is InChI=1S/C14H16BrNOS/c1-16-8-11-4-5-12(14(15)7-11)9-17-10-13-3-2-6-18-13/h2-7,16H,8-10H2,1H3. The molecule has 1 aromatic heterocycles. The number of benzene rings is 1. The van der Waals surface area contributed by atoms with E-state index in [0.717, 1.165) is 11.0 Å². The van der Waals surface area contributed by atoms with Crippen LogP contribution in [0.4, 0.5) is 0 Å². The number of rotatable bonds is 6. The topological polar surface area (TPSA) is 21.3 Å². The summed E-state index contributed by atoms with van der Waals surface area (Å²) in [6.07, 6.45) is 0. The maximum absolute atomic E-state index is 5.71. The van der Waals surface area contributed by atoms with Crippen LogP contribution in [-0.4, -0.2) is 7.05 Å². The number of hydrogen-bond acceptors (Lipinski definition) is 3. The first-order chi connectivity index (χ1) is 8.79. The Bertz CT molecular complexity index is 485. The van der Waals surface area contributed by atoms with Crippen LogP contribution in [0.15, 0.2) is 40.2 Å². The molecule has 2 aromatic rings. The Hall–Kier alpha value is -0.680. The minimum absolute atomic E-state index is 0.637. The summed E-state index contributed by atoms with van der Waals surface area (Å²) in [4.78, 5) is 1.26. The van der Waals surface area contributed by atoms with Crippen molar-refractivity contribution < 1.29 is 4.74 Å². The Kier molecular flexibility index (Phi) is 5.38. The second-order valence-electron chi connectivity index (χ2n) is 4.03. The van der Waals surface area contributed by atoms with Crippen LogP contribution in [0, 0.1) is 0 Å². The van der Waals surface area contributed by atoms with Gasteiger partial charge in [-0.1, -0.05) is 34.1 Å². The molecule has 1 heterocycles. The van der Waals surface area contributed by atoms with Crippen molar-refractivity contribution in [1.29, 1.82) is 0 Å². The van der Waals surface area contributed by atoms with E-state index in [1.54, 1.807) is 11.3 Å². The van der Waals surface area contributed by atoms with Gasteiger partial charge in [0.25, 0.3) is 0 Å². The lowest BCUT2D eigenvalue weighted by molar-refractivity contribution is 0.109. The summed E-state index contributed by atoms with van der Waals surface area (Å²) in [5.41, 5.74) is 2.46. The highest BCUT2D eigenvalue weighted by atomic mass is 79.9. The molecule has 0 unspecified atom stereocenters. The Morgan fingerprint density at radius 2 is 2.17 bits per heavy atom. The van der Waals surface area contributed by atoms with Crippen molar-refractivity contribution in [2.24, 2.45) is 0 Å². The zero-order valence-electron chi connectivity index (χ0n) is 10.3. The van der Waals surface area contributed by atoms with E-state index >= 15 is 0 Å². The Morgan fingerprint density at radius 1 is 1.28 bits per heavy atom. The third kappa shape index (κ3) is 3.92. The fraction of sp³-hybridized carbons (Fsp3) is 0.286. The number of ether oxygens (including phenoxy) is 1. The summed E-state index contributed by atoms with van der Waals surface area (Å²) < 4.78 is 6.82. The summed E-state index contributed by atoms with van der Waals surface area (Å²) >= 11 is 5.32. The summed E-state index contributed by atoms with van der Waals surface area (Å²) in [5, 5.41) is 5.21. The van der Waals surface area contributed by atoms with E-state index in [0.29, 0.717) is 13.2 Å². The maximum atomic E-state index is 5.71. The smallest absolute Gasteiger partial charge is 0.0813 e. The van der Waals surface area contributed by atoms with E-state index < -0.39 is 0 Å². The van der Waals surface area contributed by atoms with Crippen LogP contribution in [0.1, 0.15) is 16.0 Å². The van der Waals surface area contributed by atoms with Crippen molar-refractivity contribution in [1.82, 2.24) is 5.32 Å². The van der Waals surface area contributed by atoms with Crippen molar-refractivity contribution in [2.75, 3.05) is 7.05 Å². The predicted molar refractivity (Wildman–Crippen MR) is 79.7 cm³/mol. The molecule has 0 spiro atoms. The Balaban J connectivity index is 1.89. The van der Waals surface area contributed by atoms with Gasteiger partial charge < -0.3 is 10.1 Å². The molecule has 1 N–H and O–H groups in total. The average molecular weight is 326 g/mol. The largest absolute Gasteiger partial charge is 0.371 e. The van der Waals surface area contributed by atoms with Gasteiger partial charge in [-0.25, -0.2) is 0 Å². The lowest BCUT2D eigenvalue weighted by Crippen LogP contribution is -2.05. The first-order valence-corrected chi connectivity index (χ1v) is 7.49. The number of nitrogens with one attached hydrogen (secondary N) is 1. The molecular formula is C14H16BrNOS. The van der Waals surface area contributed by atoms with E-state index in [1.165, 1.54) is 16.0 Å². The molecule has 2 nitrogen and oxygen atoms in total. The molecule has 1 aromatic carbocycles. The molecule has 4 heteroatoms. The highest BCUT2D eigenvalue weighted by Crippen LogP contribution is 2.20. The van der Waals surface area contributed by atoms with E-state index in [-0.39, 0.29) is 0 Å². The van der Waals surface area contributed by atoms with Crippen LogP contribution < -0.4 is 5.32 Å². The van der Waals surface area contributed by atoms with Crippen molar-refractivity contribution in [3.63, 3.8) is 0 Å². The first kappa shape index (κ1) is 13.7. The van der Waals surface area contributed by atoms with Crippen LogP contribution in [0.3, 0.4) is 0 Å². The highest BCUT2D eigenvalue weighted by Gasteiger charge is 2.02. The molecule has 0 aliphatic carbocycles. The fourth-order valence-electron chi connectivity index (χ4n) is 1.68. The Morgan fingerprint density at radius 3 is 2.83 bits per heavy atom. The SMILES string of the molecule is CNCc1ccc(COCc2cccs2)c(Br)c1. The first-order valence-electron chi connectivity index (χ1n) is 5.81. The predicted octanol–water partition coefficient (Wildman–Crippen LogP) is 3.95. The zero-order chi connectivity index (χ0) is 12.8. The monoisotopic (exact) mass is 325 g/mol. The van der Waals surface area contributed by atoms with Gasteiger partial charge in [-0.05, 0) is 35.7 Å². The molecule has 96 valence electrons. The fourth-order valence-corrected chi connectivity index (χ4v) is 2.86. The van der Waals surface area contributed by atoms with Gasteiger partial charge in [0.2, 0.25) is 0 Å². The van der Waals surface area contributed by atoms with E-state index in [4.69, 9.17) is 4.74 Å². The number of hydrogen-bond donors (Lipinski definition) is 1. The molecule has 18 heavy (non-hydrogen) atoms. The van der Waals surface area contributed by atoms with Gasteiger partial charge in [0.1, 0.15) is 0 Å². The lowest BCUT2D eigenvalue weighted by Gasteiger charge is -2.08. The lowest BCUT2D eigenvalue weighted by atomic mass is 10.1. The van der Waals surface area contributed by atoms with Crippen molar-refractivity contribution in [3.8, 4) is 0 Å². The Labute approximate surface area is 120 Å². The molecule has 0 aliphatic heterocycles. The quantitative estimate of drug-likeness (QED) is 0.868. The van der Waals surface area contributed by atoms with E-state index in [2.05, 4.69) is 50.9 Å². The van der Waals surface area contributed by atoms with Crippen molar-refractivity contribution >= 4 is 27.3 Å². The molecule has 0 saturated carbocycles. The van der Waals surface area contributed by atoms with E-state index in [1.807, 2.05) is 13.1 Å². The third-order valence-corrected chi connectivity index (χ3v) is 4.17. The number of halogens is 1. The highest BCUT2D eigenvalue weighted by molar-refractivity contribution is 9.10. The minimum atomic E-state index is 0.637. The number of thiophene rings is 1. The second-order valence-corrected chi connectivity index (χ2v) is 5.91.